The van der Waals surface area contributed by atoms with Gasteiger partial charge in [0.1, 0.15) is 0 Å². The molecule has 3 heteroatoms. The number of hydrogen-bond donors (Lipinski definition) is 1. The number of thioether (sulfide) groups is 1. The minimum atomic E-state index is -0.164. The molecular formula is C29H46O2S. The predicted molar refractivity (Wildman–Crippen MR) is 137 cm³/mol. The van der Waals surface area contributed by atoms with Crippen LogP contribution in [0.2, 0.25) is 0 Å². The number of carbonyl (C=O) groups excluding carboxylic acids is 1. The summed E-state index contributed by atoms with van der Waals surface area (Å²) in [5.74, 6) is 2.03. The maximum Gasteiger partial charge on any atom is 0.167 e. The number of Topliss-reactive ketones (excluding diaryl/α,β-unsaturated/α-hetero) is 1. The van der Waals surface area contributed by atoms with Gasteiger partial charge in [0.05, 0.1) is 11.9 Å². The van der Waals surface area contributed by atoms with E-state index in [0.717, 1.165) is 12.8 Å². The van der Waals surface area contributed by atoms with Gasteiger partial charge in [0.15, 0.2) is 5.78 Å². The highest BCUT2D eigenvalue weighted by atomic mass is 32.2. The minimum Gasteiger partial charge on any atom is -0.393 e. The Morgan fingerprint density at radius 3 is 2.41 bits per heavy atom. The van der Waals surface area contributed by atoms with Crippen LogP contribution in [-0.2, 0) is 4.79 Å². The molecule has 1 N–H and O–H groups in total. The number of aliphatic hydroxyl groups is 1. The van der Waals surface area contributed by atoms with Crippen LogP contribution in [0.1, 0.15) is 99.8 Å². The van der Waals surface area contributed by atoms with Crippen molar-refractivity contribution in [3.8, 4) is 0 Å². The van der Waals surface area contributed by atoms with Gasteiger partial charge in [-0.1, -0.05) is 59.3 Å². The van der Waals surface area contributed by atoms with Crippen LogP contribution in [0, 0.1) is 33.5 Å². The van der Waals surface area contributed by atoms with Crippen molar-refractivity contribution in [2.24, 2.45) is 33.5 Å². The summed E-state index contributed by atoms with van der Waals surface area (Å²) in [4.78, 5) is 12.2. The molecule has 32 heavy (non-hydrogen) atoms. The fourth-order valence-corrected chi connectivity index (χ4v) is 10.2. The molecule has 4 aliphatic carbocycles. The molecule has 7 atom stereocenters. The first-order chi connectivity index (χ1) is 14.8. The largest absolute Gasteiger partial charge is 0.393 e. The third kappa shape index (κ3) is 3.35. The van der Waals surface area contributed by atoms with E-state index in [9.17, 15) is 9.90 Å². The first-order valence-corrected chi connectivity index (χ1v) is 14.1. The van der Waals surface area contributed by atoms with Gasteiger partial charge in [0, 0.05) is 5.25 Å². The summed E-state index contributed by atoms with van der Waals surface area (Å²) in [6.07, 6.45) is 9.46. The standard InChI is InChI=1S/C29H46O2S/c1-18(2)23(30)17-32-19(3)20-11-15-29(8)22-9-10-24-26(4,5)25(31)13-14-27(24,6)21(22)12-16-28(20,29)7/h19-20,24-25,31H,1,9-17H2,2-8H3/t19?,20-,24?,25+,27-,28-,29+/m1/s1. The normalized spacial score (nSPS) is 43.8. The quantitative estimate of drug-likeness (QED) is 0.345. The minimum absolute atomic E-state index is 0.00632. The van der Waals surface area contributed by atoms with Gasteiger partial charge in [-0.3, -0.25) is 4.79 Å². The monoisotopic (exact) mass is 458 g/mol. The van der Waals surface area contributed by atoms with Crippen molar-refractivity contribution in [3.05, 3.63) is 23.3 Å². The van der Waals surface area contributed by atoms with E-state index in [0.29, 0.717) is 33.8 Å². The number of carbonyl (C=O) groups is 1. The van der Waals surface area contributed by atoms with Crippen LogP contribution in [0.3, 0.4) is 0 Å². The molecule has 2 fully saturated rings. The average Bonchev–Trinajstić information content (AvgIpc) is 3.00. The van der Waals surface area contributed by atoms with E-state index < -0.39 is 0 Å². The van der Waals surface area contributed by atoms with E-state index in [1.165, 1.54) is 38.5 Å². The molecule has 4 aliphatic rings. The molecule has 0 amide bonds. The molecule has 0 heterocycles. The van der Waals surface area contributed by atoms with Crippen molar-refractivity contribution in [1.29, 1.82) is 0 Å². The summed E-state index contributed by atoms with van der Waals surface area (Å²) in [5.41, 5.74) is 5.14. The van der Waals surface area contributed by atoms with E-state index in [2.05, 4.69) is 48.1 Å². The summed E-state index contributed by atoms with van der Waals surface area (Å²) >= 11 is 1.86. The molecule has 0 aromatic carbocycles. The van der Waals surface area contributed by atoms with Gasteiger partial charge in [-0.05, 0) is 97.4 Å². The number of hydrogen-bond acceptors (Lipinski definition) is 3. The lowest BCUT2D eigenvalue weighted by molar-refractivity contribution is -0.113. The van der Waals surface area contributed by atoms with Crippen LogP contribution >= 0.6 is 11.8 Å². The zero-order valence-corrected chi connectivity index (χ0v) is 22.5. The predicted octanol–water partition coefficient (Wildman–Crippen LogP) is 7.36. The molecule has 0 bridgehead atoms. The Hall–Kier alpha value is -0.540. The van der Waals surface area contributed by atoms with Crippen molar-refractivity contribution in [3.63, 3.8) is 0 Å². The van der Waals surface area contributed by atoms with E-state index in [1.807, 2.05) is 18.7 Å². The van der Waals surface area contributed by atoms with Gasteiger partial charge < -0.3 is 5.11 Å². The number of aliphatic hydroxyl groups excluding tert-OH is 1. The van der Waals surface area contributed by atoms with Crippen LogP contribution < -0.4 is 0 Å². The lowest BCUT2D eigenvalue weighted by atomic mass is 9.43. The molecular weight excluding hydrogens is 412 g/mol. The van der Waals surface area contributed by atoms with Crippen LogP contribution in [0.15, 0.2) is 23.3 Å². The van der Waals surface area contributed by atoms with E-state index in [-0.39, 0.29) is 28.1 Å². The second-order valence-electron chi connectivity index (χ2n) is 13.0. The number of allylic oxidation sites excluding steroid dienone is 3. The molecule has 180 valence electrons. The summed E-state index contributed by atoms with van der Waals surface area (Å²) in [6.45, 7) is 20.4. The Labute approximate surface area is 201 Å². The molecule has 0 aromatic rings. The van der Waals surface area contributed by atoms with Gasteiger partial charge in [0.25, 0.3) is 0 Å². The lowest BCUT2D eigenvalue weighted by Gasteiger charge is -2.62. The zero-order valence-electron chi connectivity index (χ0n) is 21.6. The molecule has 4 rings (SSSR count). The first kappa shape index (κ1) is 24.6. The molecule has 0 spiro atoms. The molecule has 0 aromatic heterocycles. The molecule has 0 saturated heterocycles. The lowest BCUT2D eigenvalue weighted by Crippen LogP contribution is -2.55. The summed E-state index contributed by atoms with van der Waals surface area (Å²) in [6, 6.07) is 0. The highest BCUT2D eigenvalue weighted by Gasteiger charge is 2.63. The van der Waals surface area contributed by atoms with Gasteiger partial charge >= 0.3 is 0 Å². The maximum atomic E-state index is 12.2. The van der Waals surface area contributed by atoms with E-state index >= 15 is 0 Å². The molecule has 2 saturated carbocycles. The van der Waals surface area contributed by atoms with Crippen molar-refractivity contribution >= 4 is 17.5 Å². The Morgan fingerprint density at radius 1 is 1.06 bits per heavy atom. The van der Waals surface area contributed by atoms with Gasteiger partial charge in [-0.2, -0.15) is 11.8 Å². The van der Waals surface area contributed by atoms with E-state index in [4.69, 9.17) is 0 Å². The van der Waals surface area contributed by atoms with Crippen molar-refractivity contribution in [2.45, 2.75) is 111 Å². The van der Waals surface area contributed by atoms with Crippen LogP contribution in [-0.4, -0.2) is 28.0 Å². The smallest absolute Gasteiger partial charge is 0.167 e. The summed E-state index contributed by atoms with van der Waals surface area (Å²) in [5, 5.41) is 11.3. The van der Waals surface area contributed by atoms with Crippen LogP contribution in [0.25, 0.3) is 0 Å². The fourth-order valence-electron chi connectivity index (χ4n) is 8.92. The Bertz CT molecular complexity index is 840. The topological polar surface area (TPSA) is 37.3 Å². The van der Waals surface area contributed by atoms with Crippen LogP contribution in [0.4, 0.5) is 0 Å². The van der Waals surface area contributed by atoms with Gasteiger partial charge in [-0.15, -0.1) is 0 Å². The van der Waals surface area contributed by atoms with Crippen molar-refractivity contribution in [1.82, 2.24) is 0 Å². The van der Waals surface area contributed by atoms with Crippen LogP contribution in [0.5, 0.6) is 0 Å². The molecule has 2 nitrogen and oxygen atoms in total. The van der Waals surface area contributed by atoms with Crippen molar-refractivity contribution in [2.75, 3.05) is 5.75 Å². The number of fused-ring (bicyclic) bond motifs is 4. The zero-order chi connectivity index (χ0) is 23.7. The van der Waals surface area contributed by atoms with E-state index in [1.54, 1.807) is 11.1 Å². The second-order valence-corrected chi connectivity index (χ2v) is 14.3. The third-order valence-electron chi connectivity index (χ3n) is 11.3. The fraction of sp³-hybridized carbons (Fsp3) is 0.828. The maximum absolute atomic E-state index is 12.2. The molecule has 0 aliphatic heterocycles. The summed E-state index contributed by atoms with van der Waals surface area (Å²) in [7, 11) is 0. The highest BCUT2D eigenvalue weighted by Crippen LogP contribution is 2.72. The average molecular weight is 459 g/mol. The highest BCUT2D eigenvalue weighted by molar-refractivity contribution is 8.00. The van der Waals surface area contributed by atoms with Gasteiger partial charge in [-0.25, -0.2) is 0 Å². The number of ketones is 1. The van der Waals surface area contributed by atoms with Gasteiger partial charge in [0.2, 0.25) is 0 Å². The third-order valence-corrected chi connectivity index (χ3v) is 12.6. The number of rotatable bonds is 5. The molecule has 0 radical (unpaired) electrons. The SMILES string of the molecule is C=C(C)C(=O)CSC(C)[C@H]1CC[C@@]2(C)C3=C(CC[C@]12C)[C@@]1(C)CC[C@H](O)C(C)(C)C1CC3. The first-order valence-electron chi connectivity index (χ1n) is 13.0. The Balaban J connectivity index is 1.63. The second kappa shape index (κ2) is 8.01. The summed E-state index contributed by atoms with van der Waals surface area (Å²) < 4.78 is 0. The Kier molecular flexibility index (Phi) is 6.15. The molecule has 2 unspecified atom stereocenters. The van der Waals surface area contributed by atoms with Crippen molar-refractivity contribution < 1.29 is 9.90 Å². The Morgan fingerprint density at radius 2 is 1.75 bits per heavy atom.